The van der Waals surface area contributed by atoms with Crippen LogP contribution in [0.25, 0.3) is 11.0 Å². The Hall–Kier alpha value is -1.42. The van der Waals surface area contributed by atoms with Gasteiger partial charge in [-0.2, -0.15) is 0 Å². The number of nitrogens with zero attached hydrogens (tertiary/aromatic N) is 3. The Labute approximate surface area is 76.4 Å². The molecule has 0 spiro atoms. The van der Waals surface area contributed by atoms with Crippen LogP contribution in [-0.2, 0) is 13.6 Å². The van der Waals surface area contributed by atoms with Gasteiger partial charge in [-0.25, -0.2) is 4.98 Å². The van der Waals surface area contributed by atoms with Crippen LogP contribution < -0.4 is 5.73 Å². The lowest BCUT2D eigenvalue weighted by Gasteiger charge is -1.97. The van der Waals surface area contributed by atoms with Crippen LogP contribution in [0.5, 0.6) is 0 Å². The van der Waals surface area contributed by atoms with E-state index in [1.165, 1.54) is 0 Å². The van der Waals surface area contributed by atoms with Crippen molar-refractivity contribution < 1.29 is 0 Å². The van der Waals surface area contributed by atoms with E-state index >= 15 is 0 Å². The minimum absolute atomic E-state index is 0.438. The fourth-order valence-electron chi connectivity index (χ4n) is 1.44. The SMILES string of the molecule is Cc1nc2c(CN)nccc2n1C. The number of nitrogens with two attached hydrogens (primary N) is 1. The Morgan fingerprint density at radius 2 is 2.31 bits per heavy atom. The lowest BCUT2D eigenvalue weighted by molar-refractivity contribution is 0.886. The highest BCUT2D eigenvalue weighted by Gasteiger charge is 2.07. The van der Waals surface area contributed by atoms with Crippen LogP contribution in [0, 0.1) is 6.92 Å². The molecule has 0 radical (unpaired) electrons. The van der Waals surface area contributed by atoms with Gasteiger partial charge in [-0.15, -0.1) is 0 Å². The van der Waals surface area contributed by atoms with Gasteiger partial charge in [0.25, 0.3) is 0 Å². The van der Waals surface area contributed by atoms with Crippen LogP contribution in [0.2, 0.25) is 0 Å². The third-order valence-electron chi connectivity index (χ3n) is 2.29. The van der Waals surface area contributed by atoms with Crippen molar-refractivity contribution in [3.8, 4) is 0 Å². The predicted octanol–water partition coefficient (Wildman–Crippen LogP) is 0.735. The van der Waals surface area contributed by atoms with Crippen molar-refractivity contribution in [1.82, 2.24) is 14.5 Å². The van der Waals surface area contributed by atoms with Crippen LogP contribution in [-0.4, -0.2) is 14.5 Å². The second-order valence-corrected chi connectivity index (χ2v) is 3.05. The standard InChI is InChI=1S/C9H12N4/c1-6-12-9-7(5-10)11-4-3-8(9)13(6)2/h3-4H,5,10H2,1-2H3. The number of hydrogen-bond acceptors (Lipinski definition) is 3. The van der Waals surface area contributed by atoms with E-state index in [0.29, 0.717) is 6.54 Å². The quantitative estimate of drug-likeness (QED) is 0.697. The zero-order valence-electron chi connectivity index (χ0n) is 7.78. The van der Waals surface area contributed by atoms with Crippen molar-refractivity contribution in [2.24, 2.45) is 12.8 Å². The summed E-state index contributed by atoms with van der Waals surface area (Å²) in [5.41, 5.74) is 8.44. The molecule has 0 aromatic carbocycles. The second-order valence-electron chi connectivity index (χ2n) is 3.05. The Kier molecular flexibility index (Phi) is 1.77. The van der Waals surface area contributed by atoms with Crippen LogP contribution in [0.3, 0.4) is 0 Å². The molecule has 0 aliphatic heterocycles. The summed E-state index contributed by atoms with van der Waals surface area (Å²) >= 11 is 0. The smallest absolute Gasteiger partial charge is 0.112 e. The van der Waals surface area contributed by atoms with Crippen molar-refractivity contribution >= 4 is 11.0 Å². The third-order valence-corrected chi connectivity index (χ3v) is 2.29. The van der Waals surface area contributed by atoms with Gasteiger partial charge in [0.1, 0.15) is 11.3 Å². The van der Waals surface area contributed by atoms with E-state index in [-0.39, 0.29) is 0 Å². The lowest BCUT2D eigenvalue weighted by atomic mass is 10.3. The highest BCUT2D eigenvalue weighted by molar-refractivity contribution is 5.77. The molecule has 0 amide bonds. The zero-order valence-corrected chi connectivity index (χ0v) is 7.78. The van der Waals surface area contributed by atoms with Crippen molar-refractivity contribution in [2.45, 2.75) is 13.5 Å². The molecule has 0 unspecified atom stereocenters. The number of aromatic nitrogens is 3. The maximum Gasteiger partial charge on any atom is 0.112 e. The van der Waals surface area contributed by atoms with E-state index in [9.17, 15) is 0 Å². The number of rotatable bonds is 1. The maximum absolute atomic E-state index is 5.56. The molecule has 2 rings (SSSR count). The summed E-state index contributed by atoms with van der Waals surface area (Å²) in [6.07, 6.45) is 1.77. The molecule has 0 bridgehead atoms. The minimum atomic E-state index is 0.438. The Morgan fingerprint density at radius 1 is 1.54 bits per heavy atom. The molecule has 2 aromatic rings. The minimum Gasteiger partial charge on any atom is -0.331 e. The van der Waals surface area contributed by atoms with E-state index in [2.05, 4.69) is 9.97 Å². The molecule has 0 aliphatic carbocycles. The number of imidazole rings is 1. The summed E-state index contributed by atoms with van der Waals surface area (Å²) in [5, 5.41) is 0. The van der Waals surface area contributed by atoms with Gasteiger partial charge in [-0.05, 0) is 13.0 Å². The summed E-state index contributed by atoms with van der Waals surface area (Å²) in [4.78, 5) is 8.58. The molecule has 0 fully saturated rings. The predicted molar refractivity (Wildman–Crippen MR) is 51.1 cm³/mol. The van der Waals surface area contributed by atoms with Gasteiger partial charge >= 0.3 is 0 Å². The third kappa shape index (κ3) is 1.10. The fraction of sp³-hybridized carbons (Fsp3) is 0.333. The molecule has 2 N–H and O–H groups in total. The van der Waals surface area contributed by atoms with Crippen LogP contribution >= 0.6 is 0 Å². The average Bonchev–Trinajstić information content (AvgIpc) is 2.43. The van der Waals surface area contributed by atoms with E-state index in [4.69, 9.17) is 5.73 Å². The van der Waals surface area contributed by atoms with Gasteiger partial charge in [0.2, 0.25) is 0 Å². The Morgan fingerprint density at radius 3 is 3.00 bits per heavy atom. The van der Waals surface area contributed by atoms with Crippen LogP contribution in [0.1, 0.15) is 11.5 Å². The normalized spacial score (nSPS) is 11.0. The summed E-state index contributed by atoms with van der Waals surface area (Å²) in [6, 6.07) is 1.95. The molecule has 0 saturated heterocycles. The van der Waals surface area contributed by atoms with E-state index in [1.807, 2.05) is 24.6 Å². The van der Waals surface area contributed by atoms with Gasteiger partial charge in [0.05, 0.1) is 11.2 Å². The lowest BCUT2D eigenvalue weighted by Crippen LogP contribution is -2.00. The van der Waals surface area contributed by atoms with Crippen molar-refractivity contribution in [2.75, 3.05) is 0 Å². The van der Waals surface area contributed by atoms with Crippen molar-refractivity contribution in [3.63, 3.8) is 0 Å². The van der Waals surface area contributed by atoms with E-state index < -0.39 is 0 Å². The topological polar surface area (TPSA) is 56.7 Å². The summed E-state index contributed by atoms with van der Waals surface area (Å²) in [6.45, 7) is 2.41. The number of aryl methyl sites for hydroxylation is 2. The highest BCUT2D eigenvalue weighted by atomic mass is 15.1. The Balaban J connectivity index is 2.84. The van der Waals surface area contributed by atoms with Crippen LogP contribution in [0.15, 0.2) is 12.3 Å². The molecule has 2 heterocycles. The second kappa shape index (κ2) is 2.81. The molecule has 0 atom stereocenters. The molecule has 0 aliphatic rings. The first-order valence-corrected chi connectivity index (χ1v) is 4.21. The highest BCUT2D eigenvalue weighted by Crippen LogP contribution is 2.15. The molecule has 13 heavy (non-hydrogen) atoms. The molecule has 2 aromatic heterocycles. The molecule has 4 nitrogen and oxygen atoms in total. The monoisotopic (exact) mass is 176 g/mol. The summed E-state index contributed by atoms with van der Waals surface area (Å²) in [7, 11) is 1.99. The molecular formula is C9H12N4. The summed E-state index contributed by atoms with van der Waals surface area (Å²) in [5.74, 6) is 0.984. The molecule has 0 saturated carbocycles. The van der Waals surface area contributed by atoms with Gasteiger partial charge in [0, 0.05) is 19.8 Å². The van der Waals surface area contributed by atoms with E-state index in [0.717, 1.165) is 22.6 Å². The van der Waals surface area contributed by atoms with Gasteiger partial charge in [0.15, 0.2) is 0 Å². The largest absolute Gasteiger partial charge is 0.331 e. The van der Waals surface area contributed by atoms with Crippen molar-refractivity contribution in [3.05, 3.63) is 23.8 Å². The maximum atomic E-state index is 5.56. The zero-order chi connectivity index (χ0) is 9.42. The first kappa shape index (κ1) is 8.19. The van der Waals surface area contributed by atoms with Gasteiger partial charge in [-0.3, -0.25) is 4.98 Å². The number of fused-ring (bicyclic) bond motifs is 1. The first-order valence-electron chi connectivity index (χ1n) is 4.21. The summed E-state index contributed by atoms with van der Waals surface area (Å²) < 4.78 is 2.04. The number of pyridine rings is 1. The molecule has 4 heteroatoms. The van der Waals surface area contributed by atoms with Gasteiger partial charge in [-0.1, -0.05) is 0 Å². The average molecular weight is 176 g/mol. The molecule has 68 valence electrons. The van der Waals surface area contributed by atoms with E-state index in [1.54, 1.807) is 6.20 Å². The first-order chi connectivity index (χ1) is 6.24. The van der Waals surface area contributed by atoms with Crippen molar-refractivity contribution in [1.29, 1.82) is 0 Å². The van der Waals surface area contributed by atoms with Gasteiger partial charge < -0.3 is 10.3 Å². The Bertz CT molecular complexity index is 444. The number of hydrogen-bond donors (Lipinski definition) is 1. The fourth-order valence-corrected chi connectivity index (χ4v) is 1.44. The van der Waals surface area contributed by atoms with Crippen LogP contribution in [0.4, 0.5) is 0 Å². The molecular weight excluding hydrogens is 164 g/mol.